The highest BCUT2D eigenvalue weighted by Gasteiger charge is 2.33. The fourth-order valence-electron chi connectivity index (χ4n) is 3.68. The average molecular weight is 417 g/mol. The lowest BCUT2D eigenvalue weighted by molar-refractivity contribution is 0.285. The minimum absolute atomic E-state index is 0.0163. The van der Waals surface area contributed by atoms with E-state index in [2.05, 4.69) is 21.1 Å². The van der Waals surface area contributed by atoms with Crippen molar-refractivity contribution in [3.05, 3.63) is 77.8 Å². The van der Waals surface area contributed by atoms with Crippen LogP contribution < -0.4 is 4.74 Å². The van der Waals surface area contributed by atoms with Gasteiger partial charge in [0.1, 0.15) is 29.3 Å². The summed E-state index contributed by atoms with van der Waals surface area (Å²) in [6.45, 7) is 0.300. The van der Waals surface area contributed by atoms with Crippen molar-refractivity contribution in [1.29, 1.82) is 5.26 Å². The van der Waals surface area contributed by atoms with Crippen LogP contribution in [0.3, 0.4) is 0 Å². The second-order valence-corrected chi connectivity index (χ2v) is 7.54. The zero-order chi connectivity index (χ0) is 21.4. The number of fused-ring (bicyclic) bond motifs is 1. The minimum atomic E-state index is -0.745. The first-order chi connectivity index (χ1) is 15.1. The second kappa shape index (κ2) is 7.76. The Labute approximate surface area is 176 Å². The molecule has 0 spiro atoms. The maximum absolute atomic E-state index is 14.4. The van der Waals surface area contributed by atoms with Crippen LogP contribution in [0.25, 0.3) is 16.7 Å². The molecule has 2 heterocycles. The SMILES string of the molecule is N#CC1CC(c2nc(OCc3ccccc3)c3cnn(-c4ccc(F)cc4F)c3n2)C1. The quantitative estimate of drug-likeness (QED) is 0.471. The van der Waals surface area contributed by atoms with E-state index in [0.29, 0.717) is 42.2 Å². The third-order valence-corrected chi connectivity index (χ3v) is 5.45. The van der Waals surface area contributed by atoms with Crippen LogP contribution in [0.1, 0.15) is 30.1 Å². The topological polar surface area (TPSA) is 76.6 Å². The van der Waals surface area contributed by atoms with E-state index in [4.69, 9.17) is 10.00 Å². The molecule has 5 rings (SSSR count). The van der Waals surface area contributed by atoms with Gasteiger partial charge in [0, 0.05) is 17.9 Å². The number of rotatable bonds is 5. The summed E-state index contributed by atoms with van der Waals surface area (Å²) in [5, 5.41) is 13.9. The molecule has 6 nitrogen and oxygen atoms in total. The summed E-state index contributed by atoms with van der Waals surface area (Å²) < 4.78 is 35.1. The highest BCUT2D eigenvalue weighted by Crippen LogP contribution is 2.41. The van der Waals surface area contributed by atoms with Crippen LogP contribution in [0.5, 0.6) is 5.88 Å². The molecule has 154 valence electrons. The first-order valence-corrected chi connectivity index (χ1v) is 9.90. The lowest BCUT2D eigenvalue weighted by atomic mass is 9.75. The van der Waals surface area contributed by atoms with Gasteiger partial charge in [-0.25, -0.2) is 18.4 Å². The van der Waals surface area contributed by atoms with Crippen LogP contribution in [0, 0.1) is 28.9 Å². The van der Waals surface area contributed by atoms with Gasteiger partial charge < -0.3 is 4.74 Å². The van der Waals surface area contributed by atoms with Crippen LogP contribution in [0.4, 0.5) is 8.78 Å². The molecule has 1 aliphatic carbocycles. The molecule has 0 amide bonds. The number of aromatic nitrogens is 4. The Morgan fingerprint density at radius 2 is 1.90 bits per heavy atom. The van der Waals surface area contributed by atoms with Crippen molar-refractivity contribution in [1.82, 2.24) is 19.7 Å². The lowest BCUT2D eigenvalue weighted by Crippen LogP contribution is -2.22. The van der Waals surface area contributed by atoms with Crippen molar-refractivity contribution in [2.24, 2.45) is 5.92 Å². The molecule has 0 unspecified atom stereocenters. The summed E-state index contributed by atoms with van der Waals surface area (Å²) in [5.74, 6) is -0.529. The summed E-state index contributed by atoms with van der Waals surface area (Å²) in [5.41, 5.74) is 1.43. The number of benzene rings is 2. The summed E-state index contributed by atoms with van der Waals surface area (Å²) in [6.07, 6.45) is 2.85. The number of nitrogens with zero attached hydrogens (tertiary/aromatic N) is 5. The van der Waals surface area contributed by atoms with Crippen molar-refractivity contribution in [2.75, 3.05) is 0 Å². The first kappa shape index (κ1) is 19.1. The Bertz CT molecular complexity index is 1290. The zero-order valence-corrected chi connectivity index (χ0v) is 16.4. The minimum Gasteiger partial charge on any atom is -0.472 e. The summed E-state index contributed by atoms with van der Waals surface area (Å²) in [7, 11) is 0. The van der Waals surface area contributed by atoms with Gasteiger partial charge in [0.15, 0.2) is 11.5 Å². The third-order valence-electron chi connectivity index (χ3n) is 5.45. The summed E-state index contributed by atoms with van der Waals surface area (Å²) >= 11 is 0. The van der Waals surface area contributed by atoms with Crippen molar-refractivity contribution < 1.29 is 13.5 Å². The van der Waals surface area contributed by atoms with Gasteiger partial charge in [-0.05, 0) is 30.5 Å². The van der Waals surface area contributed by atoms with E-state index in [1.54, 1.807) is 0 Å². The number of ether oxygens (including phenoxy) is 1. The van der Waals surface area contributed by atoms with Crippen LogP contribution in [-0.2, 0) is 6.61 Å². The van der Waals surface area contributed by atoms with Crippen molar-refractivity contribution in [3.8, 4) is 17.6 Å². The van der Waals surface area contributed by atoms with Gasteiger partial charge in [-0.3, -0.25) is 0 Å². The van der Waals surface area contributed by atoms with E-state index >= 15 is 0 Å². The molecule has 1 aliphatic rings. The maximum Gasteiger partial charge on any atom is 0.228 e. The van der Waals surface area contributed by atoms with Crippen molar-refractivity contribution in [3.63, 3.8) is 0 Å². The molecular formula is C23H17F2N5O. The number of nitriles is 1. The predicted molar refractivity (Wildman–Crippen MR) is 108 cm³/mol. The van der Waals surface area contributed by atoms with Crippen molar-refractivity contribution >= 4 is 11.0 Å². The van der Waals surface area contributed by atoms with Crippen LogP contribution in [-0.4, -0.2) is 19.7 Å². The fourth-order valence-corrected chi connectivity index (χ4v) is 3.68. The molecule has 1 saturated carbocycles. The zero-order valence-electron chi connectivity index (χ0n) is 16.4. The highest BCUT2D eigenvalue weighted by atomic mass is 19.1. The third kappa shape index (κ3) is 3.59. The van der Waals surface area contributed by atoms with Gasteiger partial charge in [0.25, 0.3) is 0 Å². The molecule has 0 N–H and O–H groups in total. The number of halogens is 2. The van der Waals surface area contributed by atoms with Gasteiger partial charge >= 0.3 is 0 Å². The summed E-state index contributed by atoms with van der Waals surface area (Å²) in [6, 6.07) is 15.2. The van der Waals surface area contributed by atoms with Gasteiger partial charge in [0.05, 0.1) is 12.3 Å². The smallest absolute Gasteiger partial charge is 0.228 e. The van der Waals surface area contributed by atoms with Gasteiger partial charge in [0.2, 0.25) is 5.88 Å². The molecule has 2 aromatic heterocycles. The van der Waals surface area contributed by atoms with E-state index in [1.165, 1.54) is 23.0 Å². The Kier molecular flexibility index (Phi) is 4.79. The number of hydrogen-bond acceptors (Lipinski definition) is 5. The molecule has 0 bridgehead atoms. The first-order valence-electron chi connectivity index (χ1n) is 9.90. The number of hydrogen-bond donors (Lipinski definition) is 0. The largest absolute Gasteiger partial charge is 0.472 e. The van der Waals surface area contributed by atoms with Gasteiger partial charge in [-0.1, -0.05) is 30.3 Å². The monoisotopic (exact) mass is 417 g/mol. The molecule has 4 aromatic rings. The summed E-state index contributed by atoms with van der Waals surface area (Å²) in [4.78, 5) is 9.22. The molecule has 1 fully saturated rings. The van der Waals surface area contributed by atoms with E-state index in [1.807, 2.05) is 30.3 Å². The highest BCUT2D eigenvalue weighted by molar-refractivity contribution is 5.81. The van der Waals surface area contributed by atoms with E-state index < -0.39 is 11.6 Å². The fraction of sp³-hybridized carbons (Fsp3) is 0.217. The van der Waals surface area contributed by atoms with Crippen molar-refractivity contribution in [2.45, 2.75) is 25.4 Å². The Morgan fingerprint density at radius 3 is 2.65 bits per heavy atom. The normalized spacial score (nSPS) is 17.8. The lowest BCUT2D eigenvalue weighted by Gasteiger charge is -2.29. The van der Waals surface area contributed by atoms with Gasteiger partial charge in [-0.2, -0.15) is 15.3 Å². The maximum atomic E-state index is 14.4. The molecule has 2 aromatic carbocycles. The molecule has 8 heteroatoms. The Hall–Kier alpha value is -3.86. The van der Waals surface area contributed by atoms with Crippen LogP contribution in [0.15, 0.2) is 54.7 Å². The Balaban J connectivity index is 1.58. The predicted octanol–water partition coefficient (Wildman–Crippen LogP) is 4.69. The molecule has 31 heavy (non-hydrogen) atoms. The standard InChI is InChI=1S/C23H17F2N5O/c24-17-6-7-20(19(25)10-17)30-22-18(12-27-30)23(31-13-14-4-2-1-3-5-14)29-21(28-22)16-8-15(9-16)11-26/h1-7,10,12,15-16H,8-9,13H2. The van der Waals surface area contributed by atoms with E-state index in [-0.39, 0.29) is 17.5 Å². The molecule has 0 saturated heterocycles. The average Bonchev–Trinajstić information content (AvgIpc) is 3.16. The van der Waals surface area contributed by atoms with Crippen LogP contribution >= 0.6 is 0 Å². The van der Waals surface area contributed by atoms with Gasteiger partial charge in [-0.15, -0.1) is 0 Å². The van der Waals surface area contributed by atoms with E-state index in [0.717, 1.165) is 11.6 Å². The molecule has 0 aliphatic heterocycles. The second-order valence-electron chi connectivity index (χ2n) is 7.54. The molecule has 0 radical (unpaired) electrons. The molecule has 0 atom stereocenters. The van der Waals surface area contributed by atoms with Crippen LogP contribution in [0.2, 0.25) is 0 Å². The Morgan fingerprint density at radius 1 is 1.10 bits per heavy atom. The van der Waals surface area contributed by atoms with E-state index in [9.17, 15) is 8.78 Å². The molecular weight excluding hydrogens is 400 g/mol.